The van der Waals surface area contributed by atoms with E-state index in [1.165, 1.54) is 12.1 Å². The number of hydrogen-bond donors (Lipinski definition) is 1. The molecule has 4 nitrogen and oxygen atoms in total. The first-order valence-electron chi connectivity index (χ1n) is 7.68. The standard InChI is InChI=1S/C17H15F3N4/c1-10-2-7-14-15(11-3-5-12(6-4-11)17(18,19)20)23-24(16(14)22-10)13-8-21-9-13/h2-7,13,21H,8-9H2,1H3. The topological polar surface area (TPSA) is 42.7 Å². The van der Waals surface area contributed by atoms with Crippen molar-refractivity contribution in [3.05, 3.63) is 47.7 Å². The van der Waals surface area contributed by atoms with E-state index in [-0.39, 0.29) is 6.04 Å². The van der Waals surface area contributed by atoms with Crippen LogP contribution in [0, 0.1) is 6.92 Å². The van der Waals surface area contributed by atoms with Crippen LogP contribution < -0.4 is 5.32 Å². The number of hydrogen-bond acceptors (Lipinski definition) is 3. The summed E-state index contributed by atoms with van der Waals surface area (Å²) < 4.78 is 40.1. The highest BCUT2D eigenvalue weighted by Gasteiger charge is 2.30. The van der Waals surface area contributed by atoms with Gasteiger partial charge in [0.25, 0.3) is 0 Å². The van der Waals surface area contributed by atoms with Crippen molar-refractivity contribution in [3.8, 4) is 11.3 Å². The number of nitrogens with one attached hydrogen (secondary N) is 1. The summed E-state index contributed by atoms with van der Waals surface area (Å²) in [6, 6.07) is 9.16. The molecule has 0 bridgehead atoms. The Labute approximate surface area is 136 Å². The van der Waals surface area contributed by atoms with Gasteiger partial charge in [0.05, 0.1) is 11.6 Å². The fourth-order valence-electron chi connectivity index (χ4n) is 2.84. The molecule has 2 aromatic heterocycles. The first-order chi connectivity index (χ1) is 11.4. The summed E-state index contributed by atoms with van der Waals surface area (Å²) in [6.45, 7) is 3.55. The number of halogens is 3. The Kier molecular flexibility index (Phi) is 3.35. The van der Waals surface area contributed by atoms with E-state index in [1.54, 1.807) is 0 Å². The summed E-state index contributed by atoms with van der Waals surface area (Å²) in [4.78, 5) is 4.57. The molecule has 4 rings (SSSR count). The molecule has 0 radical (unpaired) electrons. The summed E-state index contributed by atoms with van der Waals surface area (Å²) in [5.41, 5.74) is 2.32. The highest BCUT2D eigenvalue weighted by atomic mass is 19.4. The van der Waals surface area contributed by atoms with Gasteiger partial charge < -0.3 is 5.32 Å². The second kappa shape index (κ2) is 5.31. The van der Waals surface area contributed by atoms with Gasteiger partial charge in [-0.3, -0.25) is 0 Å². The van der Waals surface area contributed by atoms with Crippen LogP contribution >= 0.6 is 0 Å². The molecule has 0 saturated carbocycles. The zero-order valence-corrected chi connectivity index (χ0v) is 12.9. The highest BCUT2D eigenvalue weighted by molar-refractivity contribution is 5.91. The van der Waals surface area contributed by atoms with Crippen molar-refractivity contribution in [3.63, 3.8) is 0 Å². The molecule has 1 fully saturated rings. The lowest BCUT2D eigenvalue weighted by atomic mass is 10.1. The molecule has 7 heteroatoms. The molecule has 0 spiro atoms. The monoisotopic (exact) mass is 332 g/mol. The number of pyridine rings is 1. The van der Waals surface area contributed by atoms with Gasteiger partial charge in [0, 0.05) is 29.7 Å². The first-order valence-corrected chi connectivity index (χ1v) is 7.68. The lowest BCUT2D eigenvalue weighted by Crippen LogP contribution is -2.43. The fourth-order valence-corrected chi connectivity index (χ4v) is 2.84. The zero-order valence-electron chi connectivity index (χ0n) is 12.9. The Bertz CT molecular complexity index is 893. The van der Waals surface area contributed by atoms with Crippen LogP contribution in [0.2, 0.25) is 0 Å². The SMILES string of the molecule is Cc1ccc2c(-c3ccc(C(F)(F)F)cc3)nn(C3CNC3)c2n1. The van der Waals surface area contributed by atoms with Gasteiger partial charge in [-0.15, -0.1) is 0 Å². The predicted molar refractivity (Wildman–Crippen MR) is 84.6 cm³/mol. The predicted octanol–water partition coefficient (Wildman–Crippen LogP) is 3.57. The molecule has 1 aliphatic rings. The van der Waals surface area contributed by atoms with Gasteiger partial charge in [-0.25, -0.2) is 9.67 Å². The summed E-state index contributed by atoms with van der Waals surface area (Å²) in [5, 5.41) is 8.70. The van der Waals surface area contributed by atoms with Crippen molar-refractivity contribution in [2.45, 2.75) is 19.1 Å². The lowest BCUT2D eigenvalue weighted by Gasteiger charge is -2.27. The normalized spacial score (nSPS) is 15.7. The van der Waals surface area contributed by atoms with Crippen LogP contribution in [-0.2, 0) is 6.18 Å². The van der Waals surface area contributed by atoms with Crippen LogP contribution in [0.5, 0.6) is 0 Å². The Morgan fingerprint density at radius 3 is 2.38 bits per heavy atom. The Hall–Kier alpha value is -2.41. The van der Waals surface area contributed by atoms with Gasteiger partial charge in [0.2, 0.25) is 0 Å². The Morgan fingerprint density at radius 1 is 1.08 bits per heavy atom. The van der Waals surface area contributed by atoms with E-state index in [4.69, 9.17) is 0 Å². The molecule has 1 saturated heterocycles. The molecular formula is C17H15F3N4. The maximum Gasteiger partial charge on any atom is 0.416 e. The van der Waals surface area contributed by atoms with Crippen LogP contribution in [0.4, 0.5) is 13.2 Å². The van der Waals surface area contributed by atoms with Crippen LogP contribution in [0.1, 0.15) is 17.3 Å². The average Bonchev–Trinajstić information content (AvgIpc) is 2.83. The maximum absolute atomic E-state index is 12.7. The summed E-state index contributed by atoms with van der Waals surface area (Å²) in [5.74, 6) is 0. The number of alkyl halides is 3. The minimum absolute atomic E-state index is 0.227. The number of aromatic nitrogens is 3. The van der Waals surface area contributed by atoms with Crippen LogP contribution in [0.3, 0.4) is 0 Å². The molecule has 0 aliphatic carbocycles. The van der Waals surface area contributed by atoms with E-state index in [2.05, 4.69) is 15.4 Å². The third-order valence-corrected chi connectivity index (χ3v) is 4.29. The molecular weight excluding hydrogens is 317 g/mol. The third kappa shape index (κ3) is 2.45. The Morgan fingerprint density at radius 2 is 1.79 bits per heavy atom. The number of rotatable bonds is 2. The number of aryl methyl sites for hydroxylation is 1. The van der Waals surface area contributed by atoms with Gasteiger partial charge >= 0.3 is 6.18 Å². The summed E-state index contributed by atoms with van der Waals surface area (Å²) in [6.07, 6.45) is -4.34. The molecule has 1 aliphatic heterocycles. The zero-order chi connectivity index (χ0) is 16.9. The van der Waals surface area contributed by atoms with E-state index in [9.17, 15) is 13.2 Å². The molecule has 1 aromatic carbocycles. The number of nitrogens with zero attached hydrogens (tertiary/aromatic N) is 3. The smallest absolute Gasteiger partial charge is 0.312 e. The van der Waals surface area contributed by atoms with Crippen molar-refractivity contribution < 1.29 is 13.2 Å². The molecule has 0 atom stereocenters. The van der Waals surface area contributed by atoms with Gasteiger partial charge in [0.1, 0.15) is 5.69 Å². The molecule has 3 heterocycles. The van der Waals surface area contributed by atoms with Crippen molar-refractivity contribution in [2.24, 2.45) is 0 Å². The van der Waals surface area contributed by atoms with Crippen molar-refractivity contribution in [1.29, 1.82) is 0 Å². The number of fused-ring (bicyclic) bond motifs is 1. The highest BCUT2D eigenvalue weighted by Crippen LogP contribution is 2.33. The molecule has 24 heavy (non-hydrogen) atoms. The minimum atomic E-state index is -4.34. The van der Waals surface area contributed by atoms with Gasteiger partial charge in [-0.2, -0.15) is 18.3 Å². The minimum Gasteiger partial charge on any atom is -0.312 e. The van der Waals surface area contributed by atoms with E-state index < -0.39 is 11.7 Å². The van der Waals surface area contributed by atoms with Gasteiger partial charge in [-0.1, -0.05) is 12.1 Å². The molecule has 3 aromatic rings. The van der Waals surface area contributed by atoms with E-state index in [0.717, 1.165) is 41.9 Å². The second-order valence-corrected chi connectivity index (χ2v) is 6.00. The van der Waals surface area contributed by atoms with Crippen LogP contribution in [0.15, 0.2) is 36.4 Å². The molecule has 124 valence electrons. The van der Waals surface area contributed by atoms with Gasteiger partial charge in [0.15, 0.2) is 5.65 Å². The quantitative estimate of drug-likeness (QED) is 0.780. The molecule has 0 unspecified atom stereocenters. The average molecular weight is 332 g/mol. The largest absolute Gasteiger partial charge is 0.416 e. The Balaban J connectivity index is 1.84. The summed E-state index contributed by atoms with van der Waals surface area (Å²) in [7, 11) is 0. The van der Waals surface area contributed by atoms with Crippen molar-refractivity contribution in [2.75, 3.05) is 13.1 Å². The van der Waals surface area contributed by atoms with Crippen LogP contribution in [0.25, 0.3) is 22.3 Å². The van der Waals surface area contributed by atoms with E-state index in [1.807, 2.05) is 23.7 Å². The molecule has 0 amide bonds. The van der Waals surface area contributed by atoms with E-state index >= 15 is 0 Å². The summed E-state index contributed by atoms with van der Waals surface area (Å²) >= 11 is 0. The third-order valence-electron chi connectivity index (χ3n) is 4.29. The van der Waals surface area contributed by atoms with Crippen molar-refractivity contribution >= 4 is 11.0 Å². The van der Waals surface area contributed by atoms with Crippen molar-refractivity contribution in [1.82, 2.24) is 20.1 Å². The molecule has 1 N–H and O–H groups in total. The maximum atomic E-state index is 12.7. The number of benzene rings is 1. The lowest BCUT2D eigenvalue weighted by molar-refractivity contribution is -0.137. The first kappa shape index (κ1) is 15.1. The van der Waals surface area contributed by atoms with E-state index in [0.29, 0.717) is 11.3 Å². The fraction of sp³-hybridized carbons (Fsp3) is 0.294. The second-order valence-electron chi connectivity index (χ2n) is 6.00. The van der Waals surface area contributed by atoms with Gasteiger partial charge in [-0.05, 0) is 31.2 Å². The van der Waals surface area contributed by atoms with Crippen LogP contribution in [-0.4, -0.2) is 27.9 Å².